The molecule has 8 heteroatoms. The molecule has 1 heterocycles. The van der Waals surface area contributed by atoms with Crippen molar-refractivity contribution in [3.05, 3.63) is 70.2 Å². The lowest BCUT2D eigenvalue weighted by atomic mass is 9.59. The molecule has 1 aliphatic rings. The number of benzene rings is 1. The van der Waals surface area contributed by atoms with Gasteiger partial charge in [0, 0.05) is 11.3 Å². The van der Waals surface area contributed by atoms with E-state index >= 15 is 0 Å². The van der Waals surface area contributed by atoms with Crippen LogP contribution in [0.3, 0.4) is 0 Å². The van der Waals surface area contributed by atoms with E-state index in [0.29, 0.717) is 0 Å². The Morgan fingerprint density at radius 1 is 1.25 bits per heavy atom. The van der Waals surface area contributed by atoms with Crippen LogP contribution in [0.2, 0.25) is 0 Å². The van der Waals surface area contributed by atoms with Gasteiger partial charge >= 0.3 is 5.97 Å². The van der Waals surface area contributed by atoms with Crippen LogP contribution in [0.15, 0.2) is 53.1 Å². The molecule has 1 aromatic carbocycles. The summed E-state index contributed by atoms with van der Waals surface area (Å²) in [6, 6.07) is 8.97. The highest BCUT2D eigenvalue weighted by atomic mass is 16.6. The van der Waals surface area contributed by atoms with Gasteiger partial charge in [-0.1, -0.05) is 37.3 Å². The number of nitro groups is 1. The average Bonchev–Trinajstić information content (AvgIpc) is 3.26. The largest absolute Gasteiger partial charge is 0.480 e. The van der Waals surface area contributed by atoms with Crippen molar-refractivity contribution in [3.63, 3.8) is 0 Å². The van der Waals surface area contributed by atoms with Crippen LogP contribution in [-0.4, -0.2) is 32.9 Å². The van der Waals surface area contributed by atoms with Gasteiger partial charge in [0.2, 0.25) is 0 Å². The third kappa shape index (κ3) is 2.27. The van der Waals surface area contributed by atoms with Gasteiger partial charge in [-0.15, -0.1) is 0 Å². The van der Waals surface area contributed by atoms with E-state index in [4.69, 9.17) is 4.42 Å². The Morgan fingerprint density at radius 2 is 1.89 bits per heavy atom. The van der Waals surface area contributed by atoms with Crippen LogP contribution in [0.4, 0.5) is 0 Å². The highest BCUT2D eigenvalue weighted by Gasteiger charge is 2.81. The molecular weight excluding hydrogens is 366 g/mol. The van der Waals surface area contributed by atoms with Gasteiger partial charge in [-0.2, -0.15) is 0 Å². The summed E-state index contributed by atoms with van der Waals surface area (Å²) in [7, 11) is 0. The zero-order valence-corrected chi connectivity index (χ0v) is 15.5. The Morgan fingerprint density at radius 3 is 2.32 bits per heavy atom. The number of nitrogens with zero attached hydrogens (tertiary/aromatic N) is 1. The topological polar surface area (TPSA) is 131 Å². The van der Waals surface area contributed by atoms with Crippen molar-refractivity contribution in [2.45, 2.75) is 43.7 Å². The number of carbonyl (C=O) groups is 2. The lowest BCUT2D eigenvalue weighted by Gasteiger charge is -2.39. The average molecular weight is 387 g/mol. The van der Waals surface area contributed by atoms with Gasteiger partial charge in [-0.05, 0) is 31.0 Å². The molecule has 0 saturated heterocycles. The van der Waals surface area contributed by atoms with Crippen molar-refractivity contribution in [2.24, 2.45) is 5.41 Å². The van der Waals surface area contributed by atoms with Crippen molar-refractivity contribution in [3.8, 4) is 0 Å². The maximum absolute atomic E-state index is 12.8. The number of carbonyl (C=O) groups excluding carboxylic acids is 1. The summed E-state index contributed by atoms with van der Waals surface area (Å²) >= 11 is 0. The fourth-order valence-corrected chi connectivity index (χ4v) is 5.04. The summed E-state index contributed by atoms with van der Waals surface area (Å²) in [6.45, 7) is 2.66. The first-order valence-electron chi connectivity index (χ1n) is 8.88. The molecule has 1 aromatic heterocycles. The van der Waals surface area contributed by atoms with Gasteiger partial charge in [-0.25, -0.2) is 0 Å². The van der Waals surface area contributed by atoms with Crippen molar-refractivity contribution in [1.29, 1.82) is 0 Å². The maximum atomic E-state index is 12.8. The van der Waals surface area contributed by atoms with Crippen molar-refractivity contribution in [1.82, 2.24) is 0 Å². The zero-order chi connectivity index (χ0) is 20.7. The molecule has 3 rings (SSSR count). The standard InChI is InChI=1S/C20H21NO7/c1-3-18(15-10-7-11-28-15)16(21(26)27)20(25,14-8-5-4-6-9-14)12-19(18,13(2)22)17(23)24/h4-11,16,25H,3,12H2,1-2H3,(H,23,24)/t16-,18-,19+,20-/m0/s1. The van der Waals surface area contributed by atoms with Crippen LogP contribution in [0.1, 0.15) is 38.0 Å². The second-order valence-electron chi connectivity index (χ2n) is 7.22. The molecule has 0 bridgehead atoms. The molecule has 0 radical (unpaired) electrons. The minimum atomic E-state index is -2.23. The molecule has 2 aromatic rings. The monoisotopic (exact) mass is 387 g/mol. The minimum Gasteiger partial charge on any atom is -0.480 e. The Kier molecular flexibility index (Phi) is 4.63. The molecule has 28 heavy (non-hydrogen) atoms. The van der Waals surface area contributed by atoms with Gasteiger partial charge in [0.1, 0.15) is 22.4 Å². The first kappa shape index (κ1) is 19.8. The van der Waals surface area contributed by atoms with Crippen molar-refractivity contribution in [2.75, 3.05) is 0 Å². The molecule has 8 nitrogen and oxygen atoms in total. The van der Waals surface area contributed by atoms with E-state index in [1.54, 1.807) is 25.1 Å². The third-order valence-electron chi connectivity index (χ3n) is 6.18. The fraction of sp³-hybridized carbons (Fsp3) is 0.400. The fourth-order valence-electron chi connectivity index (χ4n) is 5.04. The van der Waals surface area contributed by atoms with E-state index in [2.05, 4.69) is 0 Å². The van der Waals surface area contributed by atoms with E-state index < -0.39 is 45.6 Å². The number of aliphatic carboxylic acids is 1. The zero-order valence-electron chi connectivity index (χ0n) is 15.5. The van der Waals surface area contributed by atoms with Crippen LogP contribution in [0.25, 0.3) is 0 Å². The summed E-state index contributed by atoms with van der Waals surface area (Å²) in [5.41, 5.74) is -6.10. The van der Waals surface area contributed by atoms with E-state index in [1.807, 2.05) is 0 Å². The predicted molar refractivity (Wildman–Crippen MR) is 97.2 cm³/mol. The predicted octanol–water partition coefficient (Wildman–Crippen LogP) is 2.52. The molecule has 2 N–H and O–H groups in total. The molecule has 1 fully saturated rings. The summed E-state index contributed by atoms with van der Waals surface area (Å²) in [6.07, 6.45) is 0.554. The van der Waals surface area contributed by atoms with Gasteiger partial charge in [0.25, 0.3) is 6.04 Å². The van der Waals surface area contributed by atoms with E-state index in [9.17, 15) is 29.9 Å². The maximum Gasteiger partial charge on any atom is 0.318 e. The minimum absolute atomic E-state index is 0.00107. The second kappa shape index (κ2) is 6.56. The van der Waals surface area contributed by atoms with E-state index in [-0.39, 0.29) is 17.7 Å². The first-order valence-corrected chi connectivity index (χ1v) is 8.88. The number of Topliss-reactive ketones (excluding diaryl/α,β-unsaturated/α-hetero) is 1. The molecule has 0 amide bonds. The van der Waals surface area contributed by atoms with Gasteiger partial charge in [-0.3, -0.25) is 19.7 Å². The van der Waals surface area contributed by atoms with Gasteiger partial charge < -0.3 is 14.6 Å². The Hall–Kier alpha value is -3.00. The summed E-state index contributed by atoms with van der Waals surface area (Å²) < 4.78 is 5.45. The molecule has 1 aliphatic carbocycles. The van der Waals surface area contributed by atoms with Crippen molar-refractivity contribution < 1.29 is 29.1 Å². The smallest absolute Gasteiger partial charge is 0.318 e. The molecule has 0 aliphatic heterocycles. The van der Waals surface area contributed by atoms with Crippen LogP contribution < -0.4 is 0 Å². The summed E-state index contributed by atoms with van der Waals surface area (Å²) in [5, 5.41) is 34.1. The third-order valence-corrected chi connectivity index (χ3v) is 6.18. The number of carboxylic acid groups (broad SMARTS) is 1. The normalized spacial score (nSPS) is 32.2. The van der Waals surface area contributed by atoms with Gasteiger partial charge in [0.15, 0.2) is 5.60 Å². The molecule has 0 unspecified atom stereocenters. The molecule has 0 spiro atoms. The highest BCUT2D eigenvalue weighted by molar-refractivity contribution is 6.05. The Balaban J connectivity index is 2.46. The van der Waals surface area contributed by atoms with Crippen molar-refractivity contribution >= 4 is 11.8 Å². The highest BCUT2D eigenvalue weighted by Crippen LogP contribution is 2.64. The van der Waals surface area contributed by atoms with Gasteiger partial charge in [0.05, 0.1) is 6.26 Å². The SMILES string of the molecule is CC[C@]1(c2ccco2)[C@H]([N+](=O)[O-])[C@@](O)(c2ccccc2)C[C@@]1(C(C)=O)C(=O)O. The number of hydrogen-bond donors (Lipinski definition) is 2. The Bertz CT molecular complexity index is 894. The van der Waals surface area contributed by atoms with E-state index in [1.165, 1.54) is 30.5 Å². The lowest BCUT2D eigenvalue weighted by Crippen LogP contribution is -2.58. The van der Waals surface area contributed by atoms with E-state index in [0.717, 1.165) is 6.92 Å². The summed E-state index contributed by atoms with van der Waals surface area (Å²) in [4.78, 5) is 36.9. The number of rotatable bonds is 6. The number of ketones is 1. The molecule has 1 saturated carbocycles. The van der Waals surface area contributed by atoms with Crippen LogP contribution in [0.5, 0.6) is 0 Å². The number of furan rings is 1. The summed E-state index contributed by atoms with van der Waals surface area (Å²) in [5.74, 6) is -2.28. The first-order chi connectivity index (χ1) is 13.2. The number of aliphatic hydroxyl groups is 1. The van der Waals surface area contributed by atoms with Crippen LogP contribution in [0, 0.1) is 15.5 Å². The quantitative estimate of drug-likeness (QED) is 0.442. The molecule has 4 atom stereocenters. The number of carboxylic acids is 1. The Labute approximate surface area is 160 Å². The molecule has 148 valence electrons. The molecular formula is C20H21NO7. The van der Waals surface area contributed by atoms with Crippen LogP contribution in [-0.2, 0) is 20.6 Å². The van der Waals surface area contributed by atoms with Crippen LogP contribution >= 0.6 is 0 Å². The second-order valence-corrected chi connectivity index (χ2v) is 7.22. The number of hydrogen-bond acceptors (Lipinski definition) is 6. The lowest BCUT2D eigenvalue weighted by molar-refractivity contribution is -0.556.